The molecule has 4 rings (SSSR count). The summed E-state index contributed by atoms with van der Waals surface area (Å²) in [7, 11) is 3.09. The van der Waals surface area contributed by atoms with Crippen LogP contribution in [0, 0.1) is 0 Å². The van der Waals surface area contributed by atoms with E-state index >= 15 is 0 Å². The van der Waals surface area contributed by atoms with Crippen LogP contribution in [0.3, 0.4) is 0 Å². The number of hydrogen-bond donors (Lipinski definition) is 2. The maximum absolute atomic E-state index is 13.5. The molecule has 3 amide bonds. The second-order valence-corrected chi connectivity index (χ2v) is 9.59. The molecule has 0 radical (unpaired) electrons. The normalized spacial score (nSPS) is 19.7. The van der Waals surface area contributed by atoms with Gasteiger partial charge in [0.1, 0.15) is 11.2 Å². The van der Waals surface area contributed by atoms with Gasteiger partial charge in [-0.2, -0.15) is 5.10 Å². The molecule has 1 aliphatic carbocycles. The number of methoxy groups -OCH3 is 2. The summed E-state index contributed by atoms with van der Waals surface area (Å²) in [5.41, 5.74) is 0.0856. The number of hydrogen-bond acceptors (Lipinski definition) is 6. The van der Waals surface area contributed by atoms with E-state index in [4.69, 9.17) is 9.47 Å². The molecule has 36 heavy (non-hydrogen) atoms. The van der Waals surface area contributed by atoms with Crippen molar-refractivity contribution >= 4 is 17.7 Å². The van der Waals surface area contributed by atoms with Gasteiger partial charge in [0.25, 0.3) is 11.8 Å². The van der Waals surface area contributed by atoms with Crippen molar-refractivity contribution in [3.05, 3.63) is 41.2 Å². The van der Waals surface area contributed by atoms with Crippen LogP contribution in [0.5, 0.6) is 11.5 Å². The first kappa shape index (κ1) is 25.5. The van der Waals surface area contributed by atoms with Crippen molar-refractivity contribution in [3.8, 4) is 11.5 Å². The number of ether oxygens (including phenoxy) is 2. The number of nitrogens with one attached hydrogen (secondary N) is 2. The van der Waals surface area contributed by atoms with Crippen molar-refractivity contribution in [2.24, 2.45) is 0 Å². The first-order valence-corrected chi connectivity index (χ1v) is 12.5. The molecule has 10 nitrogen and oxygen atoms in total. The van der Waals surface area contributed by atoms with E-state index in [1.807, 2.05) is 19.1 Å². The average Bonchev–Trinajstić information content (AvgIpc) is 3.54. The van der Waals surface area contributed by atoms with Gasteiger partial charge < -0.3 is 25.0 Å². The van der Waals surface area contributed by atoms with E-state index < -0.39 is 11.4 Å². The van der Waals surface area contributed by atoms with Gasteiger partial charge in [-0.05, 0) is 32.3 Å². The molecule has 1 atom stereocenters. The molecule has 0 unspecified atom stereocenters. The molecule has 0 saturated heterocycles. The van der Waals surface area contributed by atoms with E-state index in [0.29, 0.717) is 30.2 Å². The summed E-state index contributed by atoms with van der Waals surface area (Å²) in [5, 5.41) is 10.4. The van der Waals surface area contributed by atoms with Gasteiger partial charge in [-0.3, -0.25) is 19.1 Å². The Morgan fingerprint density at radius 2 is 1.94 bits per heavy atom. The highest BCUT2D eigenvalue weighted by Gasteiger charge is 2.48. The van der Waals surface area contributed by atoms with Gasteiger partial charge in [0, 0.05) is 30.8 Å². The predicted molar refractivity (Wildman–Crippen MR) is 133 cm³/mol. The molecule has 1 fully saturated rings. The molecule has 1 aliphatic heterocycles. The van der Waals surface area contributed by atoms with Gasteiger partial charge in [0.2, 0.25) is 5.91 Å². The van der Waals surface area contributed by atoms with Crippen molar-refractivity contribution in [1.29, 1.82) is 0 Å². The number of fused-ring (bicyclic) bond motifs is 1. The lowest BCUT2D eigenvalue weighted by atomic mass is 9.94. The Kier molecular flexibility index (Phi) is 7.51. The van der Waals surface area contributed by atoms with Gasteiger partial charge in [-0.1, -0.05) is 31.9 Å². The molecule has 2 aromatic rings. The summed E-state index contributed by atoms with van der Waals surface area (Å²) in [5.74, 6) is 0.215. The minimum Gasteiger partial charge on any atom is -0.493 e. The SMILES string of the molecule is CCCN1C(=O)c2cc(C(=O)NCc3cccc(OC)c3OC)nn2C[C@]1(C)C(=O)NC1CCCC1. The topological polar surface area (TPSA) is 115 Å². The molecule has 2 aliphatic rings. The molecule has 1 saturated carbocycles. The van der Waals surface area contributed by atoms with E-state index in [2.05, 4.69) is 15.7 Å². The highest BCUT2D eigenvalue weighted by Crippen LogP contribution is 2.31. The quantitative estimate of drug-likeness (QED) is 0.550. The fraction of sp³-hybridized carbons (Fsp3) is 0.538. The Labute approximate surface area is 211 Å². The minimum atomic E-state index is -1.09. The third-order valence-electron chi connectivity index (χ3n) is 7.08. The van der Waals surface area contributed by atoms with Gasteiger partial charge >= 0.3 is 0 Å². The Balaban J connectivity index is 1.54. The van der Waals surface area contributed by atoms with Crippen LogP contribution in [0.2, 0.25) is 0 Å². The number of aromatic nitrogens is 2. The zero-order valence-corrected chi connectivity index (χ0v) is 21.4. The number of carbonyl (C=O) groups is 3. The van der Waals surface area contributed by atoms with Crippen molar-refractivity contribution in [3.63, 3.8) is 0 Å². The Hall–Kier alpha value is -3.56. The molecule has 2 N–H and O–H groups in total. The summed E-state index contributed by atoms with van der Waals surface area (Å²) in [6.45, 7) is 4.57. The van der Waals surface area contributed by atoms with Crippen molar-refractivity contribution in [2.45, 2.75) is 70.6 Å². The third-order valence-corrected chi connectivity index (χ3v) is 7.08. The summed E-state index contributed by atoms with van der Waals surface area (Å²) in [4.78, 5) is 41.4. The van der Waals surface area contributed by atoms with Crippen LogP contribution in [-0.2, 0) is 17.9 Å². The molecular formula is C26H35N5O5. The molecule has 0 bridgehead atoms. The third kappa shape index (κ3) is 4.76. The second kappa shape index (κ2) is 10.6. The number of benzene rings is 1. The smallest absolute Gasteiger partial charge is 0.273 e. The number of nitrogens with zero attached hydrogens (tertiary/aromatic N) is 3. The lowest BCUT2D eigenvalue weighted by molar-refractivity contribution is -0.133. The van der Waals surface area contributed by atoms with E-state index in [0.717, 1.165) is 31.2 Å². The van der Waals surface area contributed by atoms with E-state index in [9.17, 15) is 14.4 Å². The maximum Gasteiger partial charge on any atom is 0.273 e. The van der Waals surface area contributed by atoms with Gasteiger partial charge in [0.05, 0.1) is 20.8 Å². The largest absolute Gasteiger partial charge is 0.493 e. The highest BCUT2D eigenvalue weighted by molar-refractivity contribution is 6.02. The Bertz CT molecular complexity index is 1140. The summed E-state index contributed by atoms with van der Waals surface area (Å²) in [6.07, 6.45) is 4.82. The lowest BCUT2D eigenvalue weighted by Crippen LogP contribution is -2.65. The summed E-state index contributed by atoms with van der Waals surface area (Å²) in [6, 6.07) is 7.07. The second-order valence-electron chi connectivity index (χ2n) is 9.59. The van der Waals surface area contributed by atoms with Gasteiger partial charge in [-0.15, -0.1) is 0 Å². The van der Waals surface area contributed by atoms with Crippen LogP contribution in [-0.4, -0.2) is 64.7 Å². The van der Waals surface area contributed by atoms with Gasteiger partial charge in [0.15, 0.2) is 17.2 Å². The molecule has 10 heteroatoms. The molecule has 1 aromatic heterocycles. The van der Waals surface area contributed by atoms with Crippen LogP contribution >= 0.6 is 0 Å². The minimum absolute atomic E-state index is 0.122. The van der Waals surface area contributed by atoms with Crippen molar-refractivity contribution < 1.29 is 23.9 Å². The zero-order valence-electron chi connectivity index (χ0n) is 21.4. The fourth-order valence-corrected chi connectivity index (χ4v) is 5.10. The van der Waals surface area contributed by atoms with Crippen LogP contribution in [0.25, 0.3) is 0 Å². The molecule has 1 aromatic carbocycles. The van der Waals surface area contributed by atoms with Gasteiger partial charge in [-0.25, -0.2) is 0 Å². The number of para-hydroxylation sites is 1. The van der Waals surface area contributed by atoms with E-state index in [-0.39, 0.29) is 36.6 Å². The maximum atomic E-state index is 13.5. The first-order valence-electron chi connectivity index (χ1n) is 12.5. The summed E-state index contributed by atoms with van der Waals surface area (Å²) >= 11 is 0. The average molecular weight is 498 g/mol. The molecule has 2 heterocycles. The zero-order chi connectivity index (χ0) is 25.9. The Morgan fingerprint density at radius 3 is 2.61 bits per heavy atom. The number of carbonyl (C=O) groups excluding carboxylic acids is 3. The fourth-order valence-electron chi connectivity index (χ4n) is 5.10. The van der Waals surface area contributed by atoms with Crippen molar-refractivity contribution in [1.82, 2.24) is 25.3 Å². The number of amides is 3. The van der Waals surface area contributed by atoms with E-state index in [1.54, 1.807) is 32.1 Å². The molecule has 0 spiro atoms. The highest BCUT2D eigenvalue weighted by atomic mass is 16.5. The summed E-state index contributed by atoms with van der Waals surface area (Å²) < 4.78 is 12.2. The van der Waals surface area contributed by atoms with Crippen LogP contribution in [0.1, 0.15) is 72.5 Å². The number of rotatable bonds is 9. The van der Waals surface area contributed by atoms with E-state index in [1.165, 1.54) is 10.7 Å². The first-order chi connectivity index (χ1) is 17.3. The molecule has 194 valence electrons. The van der Waals surface area contributed by atoms with Crippen LogP contribution in [0.15, 0.2) is 24.3 Å². The van der Waals surface area contributed by atoms with Crippen molar-refractivity contribution in [2.75, 3.05) is 20.8 Å². The van der Waals surface area contributed by atoms with Crippen LogP contribution in [0.4, 0.5) is 0 Å². The molecular weight excluding hydrogens is 462 g/mol. The monoisotopic (exact) mass is 497 g/mol. The van der Waals surface area contributed by atoms with Crippen LogP contribution < -0.4 is 20.1 Å². The standard InChI is InChI=1S/C26H35N5O5/c1-5-13-30-24(33)20-14-19(23(32)27-15-17-9-8-12-21(35-3)22(17)36-4)29-31(20)16-26(30,2)25(34)28-18-10-6-7-11-18/h8-9,12,14,18H,5-7,10-11,13,15-16H2,1-4H3,(H,27,32)(H,28,34)/t26-/m1/s1. The predicted octanol–water partition coefficient (Wildman–Crippen LogP) is 2.51. The Morgan fingerprint density at radius 1 is 1.19 bits per heavy atom. The lowest BCUT2D eigenvalue weighted by Gasteiger charge is -2.43.